The van der Waals surface area contributed by atoms with Crippen LogP contribution < -0.4 is 14.7 Å². The number of hydrogen-bond acceptors (Lipinski definition) is 7. The molecular weight excluding hydrogens is 683 g/mol. The van der Waals surface area contributed by atoms with Crippen LogP contribution in [-0.2, 0) is 37.3 Å². The molecule has 0 spiro atoms. The molecular formula is C48H73N3O4. The Morgan fingerprint density at radius 1 is 0.473 bits per heavy atom. The smallest absolute Gasteiger partial charge is 0.175 e. The van der Waals surface area contributed by atoms with Gasteiger partial charge >= 0.3 is 0 Å². The third-order valence-electron chi connectivity index (χ3n) is 11.0. The average Bonchev–Trinajstić information content (AvgIpc) is 3.00. The Bertz CT molecular complexity index is 1720. The molecule has 0 atom stereocenters. The maximum absolute atomic E-state index is 14.6. The number of nitrogens with zero attached hydrogens (tertiary/aromatic N) is 3. The Morgan fingerprint density at radius 2 is 0.691 bits per heavy atom. The Morgan fingerprint density at radius 3 is 0.891 bits per heavy atom. The second-order valence-corrected chi connectivity index (χ2v) is 22.1. The third-order valence-corrected chi connectivity index (χ3v) is 11.0. The Labute approximate surface area is 333 Å². The van der Waals surface area contributed by atoms with E-state index in [9.17, 15) is 20.1 Å². The van der Waals surface area contributed by atoms with E-state index in [0.717, 1.165) is 50.4 Å². The fourth-order valence-electron chi connectivity index (χ4n) is 7.68. The highest BCUT2D eigenvalue weighted by Gasteiger charge is 2.41. The highest BCUT2D eigenvalue weighted by atomic mass is 16.3. The predicted octanol–water partition coefficient (Wildman–Crippen LogP) is 11.6. The van der Waals surface area contributed by atoms with Gasteiger partial charge in [-0.1, -0.05) is 132 Å². The summed E-state index contributed by atoms with van der Waals surface area (Å²) < 4.78 is 0. The van der Waals surface area contributed by atoms with Crippen LogP contribution in [0.4, 0.5) is 17.1 Å². The highest BCUT2D eigenvalue weighted by Crippen LogP contribution is 2.47. The number of phenols is 3. The first-order valence-corrected chi connectivity index (χ1v) is 20.1. The van der Waals surface area contributed by atoms with E-state index < -0.39 is 6.17 Å². The van der Waals surface area contributed by atoms with Crippen molar-refractivity contribution in [2.45, 2.75) is 177 Å². The second-order valence-electron chi connectivity index (χ2n) is 22.1. The molecule has 1 heterocycles. The van der Waals surface area contributed by atoms with Crippen LogP contribution in [0.15, 0.2) is 36.4 Å². The molecule has 1 aliphatic heterocycles. The van der Waals surface area contributed by atoms with Gasteiger partial charge in [-0.25, -0.2) is 0 Å². The zero-order valence-electron chi connectivity index (χ0n) is 37.8. The lowest BCUT2D eigenvalue weighted by Gasteiger charge is -2.51. The SMILES string of the molecule is CCC(=O)C1N(c2cc(C(C)(C)C)c(O)c(C(C)(C)C)c2)CN(c2cc(C(C)(C)C)c(O)c(C(C)(C)C)c2)CN1c1cc(C(C)(C)C)c(O)c(C(C)(C)C)c1. The summed E-state index contributed by atoms with van der Waals surface area (Å²) in [5.74, 6) is 0.972. The van der Waals surface area contributed by atoms with Crippen LogP contribution in [0.25, 0.3) is 0 Å². The Balaban J connectivity index is 2.19. The second kappa shape index (κ2) is 14.3. The number of phenolic OH excluding ortho intramolecular Hbond substituents is 3. The zero-order valence-corrected chi connectivity index (χ0v) is 37.8. The third kappa shape index (κ3) is 8.92. The minimum atomic E-state index is -0.683. The van der Waals surface area contributed by atoms with Crippen molar-refractivity contribution in [3.05, 3.63) is 69.8 Å². The number of aromatic hydroxyl groups is 3. The number of benzene rings is 3. The number of Topliss-reactive ketones (excluding diaryl/α,β-unsaturated/α-hetero) is 1. The molecule has 304 valence electrons. The van der Waals surface area contributed by atoms with Gasteiger partial charge in [0.05, 0.1) is 13.3 Å². The number of anilines is 3. The summed E-state index contributed by atoms with van der Waals surface area (Å²) >= 11 is 0. The highest BCUT2D eigenvalue weighted by molar-refractivity contribution is 5.91. The summed E-state index contributed by atoms with van der Waals surface area (Å²) in [6.07, 6.45) is -0.357. The molecule has 0 saturated carbocycles. The van der Waals surface area contributed by atoms with Crippen molar-refractivity contribution < 1.29 is 20.1 Å². The first-order valence-electron chi connectivity index (χ1n) is 20.1. The van der Waals surface area contributed by atoms with Gasteiger partial charge in [0.25, 0.3) is 0 Å². The molecule has 3 N–H and O–H groups in total. The number of ketones is 1. The molecule has 7 nitrogen and oxygen atoms in total. The van der Waals surface area contributed by atoms with E-state index in [1.165, 1.54) is 0 Å². The molecule has 1 saturated heterocycles. The summed E-state index contributed by atoms with van der Waals surface area (Å²) in [4.78, 5) is 21.3. The van der Waals surface area contributed by atoms with E-state index in [2.05, 4.69) is 176 Å². The summed E-state index contributed by atoms with van der Waals surface area (Å²) in [5.41, 5.74) is 5.51. The van der Waals surface area contributed by atoms with Crippen LogP contribution in [0.1, 0.15) is 171 Å². The molecule has 7 heteroatoms. The fourth-order valence-corrected chi connectivity index (χ4v) is 7.68. The molecule has 3 aromatic rings. The number of rotatable bonds is 5. The summed E-state index contributed by atoms with van der Waals surface area (Å²) in [6, 6.07) is 12.5. The summed E-state index contributed by atoms with van der Waals surface area (Å²) in [7, 11) is 0. The van der Waals surface area contributed by atoms with Gasteiger partial charge in [-0.05, 0) is 68.9 Å². The van der Waals surface area contributed by atoms with Crippen LogP contribution in [0.5, 0.6) is 17.2 Å². The molecule has 0 amide bonds. The molecule has 0 aliphatic carbocycles. The van der Waals surface area contributed by atoms with Gasteiger partial charge in [0.1, 0.15) is 17.2 Å². The van der Waals surface area contributed by atoms with Gasteiger partial charge in [0.2, 0.25) is 0 Å². The first kappa shape index (κ1) is 43.9. The van der Waals surface area contributed by atoms with Crippen LogP contribution in [-0.4, -0.2) is 40.6 Å². The predicted molar refractivity (Wildman–Crippen MR) is 233 cm³/mol. The molecule has 0 unspecified atom stereocenters. The maximum Gasteiger partial charge on any atom is 0.175 e. The lowest BCUT2D eigenvalue weighted by Crippen LogP contribution is -2.65. The molecule has 0 aromatic heterocycles. The standard InChI is InChI=1S/C48H73N3O4/c1-20-38(52)42-50(30-23-34(45(8,9)10)40(54)35(24-30)46(11,12)13)27-49(29-21-32(43(2,3)4)39(53)33(22-29)44(5,6)7)28-51(42)31-25-36(47(14,15)16)41(55)37(26-31)48(17,18)19/h21-26,42,53-55H,20,27-28H2,1-19H3. The molecule has 55 heavy (non-hydrogen) atoms. The Kier molecular flexibility index (Phi) is 11.4. The Hall–Kier alpha value is -3.87. The van der Waals surface area contributed by atoms with Crippen LogP contribution in [0, 0.1) is 0 Å². The van der Waals surface area contributed by atoms with Crippen LogP contribution in [0.2, 0.25) is 0 Å². The topological polar surface area (TPSA) is 87.5 Å². The molecule has 0 radical (unpaired) electrons. The van der Waals surface area contributed by atoms with E-state index in [-0.39, 0.29) is 38.3 Å². The quantitative estimate of drug-likeness (QED) is 0.239. The lowest BCUT2D eigenvalue weighted by molar-refractivity contribution is -0.120. The normalized spacial score (nSPS) is 15.6. The largest absolute Gasteiger partial charge is 0.507 e. The average molecular weight is 756 g/mol. The molecule has 1 fully saturated rings. The van der Waals surface area contributed by atoms with Gasteiger partial charge in [0, 0.05) is 56.9 Å². The van der Waals surface area contributed by atoms with Gasteiger partial charge in [-0.2, -0.15) is 0 Å². The van der Waals surface area contributed by atoms with Crippen molar-refractivity contribution in [2.75, 3.05) is 28.0 Å². The van der Waals surface area contributed by atoms with Crippen molar-refractivity contribution in [1.29, 1.82) is 0 Å². The monoisotopic (exact) mass is 756 g/mol. The van der Waals surface area contributed by atoms with E-state index in [1.807, 2.05) is 6.92 Å². The maximum atomic E-state index is 14.6. The van der Waals surface area contributed by atoms with E-state index in [4.69, 9.17) is 0 Å². The minimum absolute atomic E-state index is 0.0708. The van der Waals surface area contributed by atoms with Crippen molar-refractivity contribution in [2.24, 2.45) is 0 Å². The first-order chi connectivity index (χ1) is 24.7. The number of hydrogen-bond donors (Lipinski definition) is 3. The van der Waals surface area contributed by atoms with Gasteiger partial charge in [-0.15, -0.1) is 0 Å². The summed E-state index contributed by atoms with van der Waals surface area (Å²) in [6.45, 7) is 40.8. The lowest BCUT2D eigenvalue weighted by atomic mass is 9.78. The van der Waals surface area contributed by atoms with E-state index in [0.29, 0.717) is 37.0 Å². The molecule has 0 bridgehead atoms. The number of carbonyl (C=O) groups is 1. The molecule has 1 aliphatic rings. The van der Waals surface area contributed by atoms with Crippen molar-refractivity contribution >= 4 is 22.8 Å². The molecule has 4 rings (SSSR count). The van der Waals surface area contributed by atoms with Crippen molar-refractivity contribution in [3.8, 4) is 17.2 Å². The van der Waals surface area contributed by atoms with Crippen molar-refractivity contribution in [1.82, 2.24) is 0 Å². The van der Waals surface area contributed by atoms with Gasteiger partial charge in [-0.3, -0.25) is 4.79 Å². The summed E-state index contributed by atoms with van der Waals surface area (Å²) in [5, 5.41) is 35.3. The van der Waals surface area contributed by atoms with Crippen LogP contribution in [0.3, 0.4) is 0 Å². The zero-order chi connectivity index (χ0) is 42.2. The van der Waals surface area contributed by atoms with Crippen LogP contribution >= 0.6 is 0 Å². The van der Waals surface area contributed by atoms with Gasteiger partial charge < -0.3 is 30.0 Å². The fraction of sp³-hybridized carbons (Fsp3) is 0.604. The van der Waals surface area contributed by atoms with Crippen molar-refractivity contribution in [3.63, 3.8) is 0 Å². The van der Waals surface area contributed by atoms with E-state index in [1.54, 1.807) is 0 Å². The van der Waals surface area contributed by atoms with E-state index >= 15 is 0 Å². The molecule has 3 aromatic carbocycles. The number of carbonyl (C=O) groups excluding carboxylic acids is 1. The van der Waals surface area contributed by atoms with Gasteiger partial charge in [0.15, 0.2) is 11.9 Å². The minimum Gasteiger partial charge on any atom is -0.507 e.